The zero-order valence-electron chi connectivity index (χ0n) is 10.8. The molecular formula is C12H20I2N2O2. The normalized spacial score (nSPS) is 32.1. The summed E-state index contributed by atoms with van der Waals surface area (Å²) >= 11 is 1.17. The molecule has 0 radical (unpaired) electrons. The first kappa shape index (κ1) is 13.8. The molecule has 3 fully saturated rings. The molecule has 2 saturated heterocycles. The Balaban J connectivity index is 1.69. The molecule has 1 atom stereocenters. The van der Waals surface area contributed by atoms with Gasteiger partial charge in [-0.25, -0.2) is 0 Å². The molecule has 0 amide bonds. The standard InChI is InChI=1S/C12H20I2N2O2/c1-3-11(7-5-4-6-8-11)18-9(17)10(2,13)12-14(15-12)16-12/h15-16H,3-8H2,1-2H3. The van der Waals surface area contributed by atoms with Crippen molar-refractivity contribution in [2.75, 3.05) is 0 Å². The molecule has 18 heavy (non-hydrogen) atoms. The third kappa shape index (κ3) is 2.01. The Morgan fingerprint density at radius 3 is 2.39 bits per heavy atom. The van der Waals surface area contributed by atoms with Crippen LogP contribution in [0.4, 0.5) is 0 Å². The van der Waals surface area contributed by atoms with Crippen molar-refractivity contribution in [3.8, 4) is 0 Å². The monoisotopic (exact) mass is 478 g/mol. The molecule has 6 heteroatoms. The first-order valence-electron chi connectivity index (χ1n) is 6.64. The van der Waals surface area contributed by atoms with Gasteiger partial charge >= 0.3 is 131 Å². The van der Waals surface area contributed by atoms with E-state index in [4.69, 9.17) is 4.74 Å². The number of alkyl halides is 2. The fourth-order valence-corrected chi connectivity index (χ4v) is 10.5. The quantitative estimate of drug-likeness (QED) is 0.163. The Bertz CT molecular complexity index is 374. The van der Waals surface area contributed by atoms with Gasteiger partial charge in [0.05, 0.1) is 0 Å². The van der Waals surface area contributed by atoms with E-state index < -0.39 is 23.8 Å². The first-order chi connectivity index (χ1) is 8.46. The second-order valence-electron chi connectivity index (χ2n) is 5.62. The van der Waals surface area contributed by atoms with Crippen LogP contribution in [0, 0.1) is 0 Å². The summed E-state index contributed by atoms with van der Waals surface area (Å²) in [6.45, 7) is 4.15. The van der Waals surface area contributed by atoms with Crippen molar-refractivity contribution in [3.05, 3.63) is 0 Å². The predicted molar refractivity (Wildman–Crippen MR) is 87.6 cm³/mol. The summed E-state index contributed by atoms with van der Waals surface area (Å²) in [6, 6.07) is 0. The van der Waals surface area contributed by atoms with Crippen molar-refractivity contribution in [2.45, 2.75) is 65.1 Å². The number of fused-ring (bicyclic) bond motifs is 1. The van der Waals surface area contributed by atoms with Gasteiger partial charge in [-0.1, -0.05) is 0 Å². The first-order valence-corrected chi connectivity index (χ1v) is 11.0. The summed E-state index contributed by atoms with van der Waals surface area (Å²) in [5, 5.41) is 0. The molecule has 2 N–H and O–H groups in total. The van der Waals surface area contributed by atoms with Crippen LogP contribution in [0.1, 0.15) is 52.4 Å². The van der Waals surface area contributed by atoms with Crippen LogP contribution in [0.2, 0.25) is 0 Å². The Hall–Kier alpha value is 0.850. The molecule has 0 aromatic rings. The summed E-state index contributed by atoms with van der Waals surface area (Å²) in [4.78, 5) is 12.5. The minimum atomic E-state index is -1.10. The zero-order chi connectivity index (χ0) is 13.0. The Morgan fingerprint density at radius 1 is 1.39 bits per heavy atom. The fraction of sp³-hybridized carbons (Fsp3) is 0.917. The molecule has 0 bridgehead atoms. The number of hydrogen-bond donors (Lipinski definition) is 2. The number of carbonyl (C=O) groups excluding carboxylic acids is 1. The van der Waals surface area contributed by atoms with Crippen LogP contribution in [0.3, 0.4) is 0 Å². The van der Waals surface area contributed by atoms with Crippen LogP contribution in [0.5, 0.6) is 0 Å². The van der Waals surface area contributed by atoms with Crippen molar-refractivity contribution in [3.63, 3.8) is 0 Å². The van der Waals surface area contributed by atoms with Crippen molar-refractivity contribution in [2.24, 2.45) is 0 Å². The second-order valence-corrected chi connectivity index (χ2v) is 12.1. The van der Waals surface area contributed by atoms with Gasteiger partial charge in [0.1, 0.15) is 0 Å². The molecule has 0 aromatic heterocycles. The van der Waals surface area contributed by atoms with Crippen molar-refractivity contribution in [1.82, 2.24) is 7.06 Å². The fourth-order valence-electron chi connectivity index (χ4n) is 2.74. The number of hydrogen-bond acceptors (Lipinski definition) is 4. The Kier molecular flexibility index (Phi) is 3.39. The van der Waals surface area contributed by atoms with Gasteiger partial charge in [-0.3, -0.25) is 0 Å². The molecule has 1 unspecified atom stereocenters. The maximum absolute atomic E-state index is 12.5. The molecule has 2 heterocycles. The zero-order valence-corrected chi connectivity index (χ0v) is 15.1. The average Bonchev–Trinajstić information content (AvgIpc) is 3.18. The van der Waals surface area contributed by atoms with E-state index in [1.807, 2.05) is 6.92 Å². The summed E-state index contributed by atoms with van der Waals surface area (Å²) in [5.41, 5.74) is -0.179. The van der Waals surface area contributed by atoms with Gasteiger partial charge in [0.15, 0.2) is 0 Å². The van der Waals surface area contributed by atoms with Gasteiger partial charge < -0.3 is 0 Å². The van der Waals surface area contributed by atoms with Crippen LogP contribution in [0.25, 0.3) is 0 Å². The number of rotatable bonds is 4. The summed E-state index contributed by atoms with van der Waals surface area (Å²) in [5.74, 6) is -0.0239. The number of halogens is 2. The maximum atomic E-state index is 12.5. The van der Waals surface area contributed by atoms with E-state index in [-0.39, 0.29) is 15.2 Å². The molecule has 0 spiro atoms. The topological polar surface area (TPSA) is 70.2 Å². The molecule has 1 aliphatic carbocycles. The molecule has 3 aliphatic rings. The molecule has 4 nitrogen and oxygen atoms in total. The number of carbonyl (C=O) groups is 1. The molecule has 3 rings (SSSR count). The van der Waals surface area contributed by atoms with Crippen LogP contribution in [-0.2, 0) is 9.53 Å². The van der Waals surface area contributed by atoms with Gasteiger partial charge in [-0.15, -0.1) is 0 Å². The molecule has 104 valence electrons. The van der Waals surface area contributed by atoms with Gasteiger partial charge in [0.2, 0.25) is 0 Å². The van der Waals surface area contributed by atoms with Gasteiger partial charge in [0, 0.05) is 0 Å². The van der Waals surface area contributed by atoms with Crippen LogP contribution >= 0.6 is 43.0 Å². The Morgan fingerprint density at radius 2 is 1.94 bits per heavy atom. The summed E-state index contributed by atoms with van der Waals surface area (Å²) in [7, 11) is 0. The molecule has 2 aliphatic heterocycles. The third-order valence-corrected chi connectivity index (χ3v) is 11.5. The number of ether oxygens (including phenoxy) is 1. The van der Waals surface area contributed by atoms with E-state index in [2.05, 4.69) is 36.6 Å². The molecule has 0 aromatic carbocycles. The van der Waals surface area contributed by atoms with E-state index in [1.165, 1.54) is 19.3 Å². The Labute approximate surface area is 130 Å². The van der Waals surface area contributed by atoms with Crippen LogP contribution in [0.15, 0.2) is 0 Å². The van der Waals surface area contributed by atoms with Crippen molar-refractivity contribution >= 4 is 48.9 Å². The van der Waals surface area contributed by atoms with Crippen LogP contribution in [-0.4, -0.2) is 18.7 Å². The van der Waals surface area contributed by atoms with Gasteiger partial charge in [-0.2, -0.15) is 0 Å². The van der Waals surface area contributed by atoms with Crippen molar-refractivity contribution in [1.29, 1.82) is 0 Å². The van der Waals surface area contributed by atoms with Crippen molar-refractivity contribution < 1.29 is 9.53 Å². The van der Waals surface area contributed by atoms with Gasteiger partial charge in [-0.05, 0) is 0 Å². The summed E-state index contributed by atoms with van der Waals surface area (Å²) in [6.07, 6.45) is 6.69. The van der Waals surface area contributed by atoms with Gasteiger partial charge in [0.25, 0.3) is 0 Å². The van der Waals surface area contributed by atoms with E-state index in [1.54, 1.807) is 0 Å². The average molecular weight is 478 g/mol. The number of nitrogens with one attached hydrogen (secondary N) is 2. The van der Waals surface area contributed by atoms with Crippen LogP contribution < -0.4 is 7.06 Å². The number of esters is 1. The molecule has 1 saturated carbocycles. The SMILES string of the molecule is CCC1(OC(=O)C(C)(I)C23NI2N3)CCCCC1. The van der Waals surface area contributed by atoms with E-state index in [9.17, 15) is 4.79 Å². The second kappa shape index (κ2) is 4.42. The summed E-state index contributed by atoms with van der Waals surface area (Å²) < 4.78 is 12.4. The third-order valence-electron chi connectivity index (χ3n) is 4.41. The predicted octanol–water partition coefficient (Wildman–Crippen LogP) is 3.03. The minimum absolute atomic E-state index is 0.0157. The van der Waals surface area contributed by atoms with E-state index in [0.717, 1.165) is 19.3 Å². The van der Waals surface area contributed by atoms with E-state index in [0.29, 0.717) is 0 Å². The van der Waals surface area contributed by atoms with E-state index >= 15 is 0 Å². The molecular weight excluding hydrogens is 458 g/mol.